The van der Waals surface area contributed by atoms with Crippen molar-refractivity contribution in [2.75, 3.05) is 5.32 Å². The molecule has 0 spiro atoms. The summed E-state index contributed by atoms with van der Waals surface area (Å²) >= 11 is 0. The van der Waals surface area contributed by atoms with Crippen LogP contribution in [-0.4, -0.2) is 17.9 Å². The molecule has 0 heterocycles. The van der Waals surface area contributed by atoms with Crippen LogP contribution in [0.25, 0.3) is 0 Å². The fourth-order valence-electron chi connectivity index (χ4n) is 2.44. The second kappa shape index (κ2) is 7.25. The maximum absolute atomic E-state index is 13.6. The first-order valence-electron chi connectivity index (χ1n) is 8.06. The molecule has 0 unspecified atom stereocenters. The Labute approximate surface area is 140 Å². The number of anilines is 1. The zero-order valence-electron chi connectivity index (χ0n) is 13.2. The highest BCUT2D eigenvalue weighted by atomic mass is 19.1. The highest BCUT2D eigenvalue weighted by molar-refractivity contribution is 6.03. The third-order valence-corrected chi connectivity index (χ3v) is 3.94. The largest absolute Gasteiger partial charge is 0.349 e. The quantitative estimate of drug-likeness (QED) is 0.856. The summed E-state index contributed by atoms with van der Waals surface area (Å²) in [7, 11) is 0. The summed E-state index contributed by atoms with van der Waals surface area (Å²) in [6, 6.07) is 13.6. The molecule has 0 radical (unpaired) electrons. The summed E-state index contributed by atoms with van der Waals surface area (Å²) < 4.78 is 13.6. The first kappa shape index (κ1) is 16.2. The molecule has 0 bridgehead atoms. The minimum Gasteiger partial charge on any atom is -0.349 e. The Hall–Kier alpha value is -2.69. The predicted molar refractivity (Wildman–Crippen MR) is 90.3 cm³/mol. The predicted octanol–water partition coefficient (Wildman–Crippen LogP) is 3.29. The molecule has 1 aliphatic carbocycles. The van der Waals surface area contributed by atoms with Gasteiger partial charge in [-0.15, -0.1) is 0 Å². The lowest BCUT2D eigenvalue weighted by molar-refractivity contribution is -0.116. The smallest absolute Gasteiger partial charge is 0.253 e. The molecule has 2 aromatic carbocycles. The molecule has 1 aliphatic rings. The number of carbonyl (C=O) groups is 2. The van der Waals surface area contributed by atoms with E-state index in [1.165, 1.54) is 6.07 Å². The number of rotatable bonds is 6. The average molecular weight is 326 g/mol. The van der Waals surface area contributed by atoms with Gasteiger partial charge in [0.15, 0.2) is 0 Å². The lowest BCUT2D eigenvalue weighted by Crippen LogP contribution is -2.27. The normalized spacial score (nSPS) is 13.4. The third-order valence-electron chi connectivity index (χ3n) is 3.94. The Morgan fingerprint density at radius 1 is 1.04 bits per heavy atom. The van der Waals surface area contributed by atoms with Gasteiger partial charge in [-0.2, -0.15) is 0 Å². The molecule has 2 amide bonds. The van der Waals surface area contributed by atoms with Crippen LogP contribution in [0.1, 0.15) is 35.2 Å². The second-order valence-corrected chi connectivity index (χ2v) is 5.93. The van der Waals surface area contributed by atoms with Gasteiger partial charge in [-0.25, -0.2) is 4.39 Å². The van der Waals surface area contributed by atoms with Gasteiger partial charge in [0.25, 0.3) is 5.91 Å². The van der Waals surface area contributed by atoms with Crippen LogP contribution in [0.15, 0.2) is 48.5 Å². The topological polar surface area (TPSA) is 58.2 Å². The Morgan fingerprint density at radius 3 is 2.50 bits per heavy atom. The van der Waals surface area contributed by atoms with Crippen molar-refractivity contribution in [1.82, 2.24) is 5.32 Å². The van der Waals surface area contributed by atoms with E-state index < -0.39 is 0 Å². The molecule has 2 N–H and O–H groups in total. The Kier molecular flexibility index (Phi) is 4.89. The van der Waals surface area contributed by atoms with Gasteiger partial charge in [-0.3, -0.25) is 9.59 Å². The zero-order valence-corrected chi connectivity index (χ0v) is 13.2. The standard InChI is InChI=1S/C19H19FN2O2/c20-16-7-3-1-5-13(16)9-12-18(23)22-17-8-4-2-6-15(17)19(24)21-14-10-11-14/h1-8,14H,9-12H2,(H,21,24)(H,22,23). The van der Waals surface area contributed by atoms with Gasteiger partial charge in [0.1, 0.15) is 5.82 Å². The average Bonchev–Trinajstić information content (AvgIpc) is 3.38. The summed E-state index contributed by atoms with van der Waals surface area (Å²) in [4.78, 5) is 24.4. The second-order valence-electron chi connectivity index (χ2n) is 5.93. The van der Waals surface area contributed by atoms with Crippen molar-refractivity contribution in [3.8, 4) is 0 Å². The molecule has 0 aromatic heterocycles. The Balaban J connectivity index is 1.61. The molecule has 1 saturated carbocycles. The number of hydrogen-bond acceptors (Lipinski definition) is 2. The fourth-order valence-corrected chi connectivity index (χ4v) is 2.44. The van der Waals surface area contributed by atoms with E-state index in [0.29, 0.717) is 23.2 Å². The SMILES string of the molecule is O=C(CCc1ccccc1F)Nc1ccccc1C(=O)NC1CC1. The molecule has 124 valence electrons. The summed E-state index contributed by atoms with van der Waals surface area (Å²) in [5.41, 5.74) is 1.44. The third kappa shape index (κ3) is 4.19. The molecule has 3 rings (SSSR count). The van der Waals surface area contributed by atoms with Gasteiger partial charge in [-0.05, 0) is 43.0 Å². The van der Waals surface area contributed by atoms with Crippen molar-refractivity contribution in [2.24, 2.45) is 0 Å². The number of halogens is 1. The van der Waals surface area contributed by atoms with Gasteiger partial charge in [-0.1, -0.05) is 30.3 Å². The van der Waals surface area contributed by atoms with Gasteiger partial charge in [0.2, 0.25) is 5.91 Å². The Bertz CT molecular complexity index is 757. The summed E-state index contributed by atoms with van der Waals surface area (Å²) in [5, 5.41) is 5.66. The van der Waals surface area contributed by atoms with Gasteiger partial charge in [0.05, 0.1) is 11.3 Å². The highest BCUT2D eigenvalue weighted by Gasteiger charge is 2.24. The number of carbonyl (C=O) groups excluding carboxylic acids is 2. The molecular weight excluding hydrogens is 307 g/mol. The highest BCUT2D eigenvalue weighted by Crippen LogP contribution is 2.21. The fraction of sp³-hybridized carbons (Fsp3) is 0.263. The molecule has 4 nitrogen and oxygen atoms in total. The van der Waals surface area contributed by atoms with Crippen LogP contribution in [-0.2, 0) is 11.2 Å². The summed E-state index contributed by atoms with van der Waals surface area (Å²) in [5.74, 6) is -0.734. The first-order valence-corrected chi connectivity index (χ1v) is 8.06. The van der Waals surface area contributed by atoms with Crippen LogP contribution in [0.3, 0.4) is 0 Å². The molecule has 5 heteroatoms. The lowest BCUT2D eigenvalue weighted by atomic mass is 10.1. The number of hydrogen-bond donors (Lipinski definition) is 2. The minimum absolute atomic E-state index is 0.152. The van der Waals surface area contributed by atoms with Crippen molar-refractivity contribution in [3.63, 3.8) is 0 Å². The van der Waals surface area contributed by atoms with Crippen LogP contribution in [0.5, 0.6) is 0 Å². The number of para-hydroxylation sites is 1. The van der Waals surface area contributed by atoms with Crippen LogP contribution in [0.2, 0.25) is 0 Å². The van der Waals surface area contributed by atoms with E-state index in [1.54, 1.807) is 42.5 Å². The molecule has 24 heavy (non-hydrogen) atoms. The van der Waals surface area contributed by atoms with Crippen molar-refractivity contribution < 1.29 is 14.0 Å². The van der Waals surface area contributed by atoms with E-state index in [9.17, 15) is 14.0 Å². The number of aryl methyl sites for hydroxylation is 1. The summed E-state index contributed by atoms with van der Waals surface area (Å²) in [6.07, 6.45) is 2.47. The number of nitrogens with one attached hydrogen (secondary N) is 2. The molecule has 1 fully saturated rings. The molecule has 0 saturated heterocycles. The van der Waals surface area contributed by atoms with E-state index >= 15 is 0 Å². The molecule has 0 atom stereocenters. The van der Waals surface area contributed by atoms with Crippen LogP contribution >= 0.6 is 0 Å². The number of benzene rings is 2. The van der Waals surface area contributed by atoms with Crippen LogP contribution in [0, 0.1) is 5.82 Å². The molecule has 0 aliphatic heterocycles. The zero-order chi connectivity index (χ0) is 16.9. The maximum atomic E-state index is 13.6. The van der Waals surface area contributed by atoms with Crippen LogP contribution < -0.4 is 10.6 Å². The van der Waals surface area contributed by atoms with Gasteiger partial charge < -0.3 is 10.6 Å². The van der Waals surface area contributed by atoms with Crippen molar-refractivity contribution in [1.29, 1.82) is 0 Å². The van der Waals surface area contributed by atoms with Crippen molar-refractivity contribution in [2.45, 2.75) is 31.7 Å². The van der Waals surface area contributed by atoms with E-state index in [0.717, 1.165) is 12.8 Å². The minimum atomic E-state index is -0.311. The summed E-state index contributed by atoms with van der Waals surface area (Å²) in [6.45, 7) is 0. The number of amides is 2. The monoisotopic (exact) mass is 326 g/mol. The maximum Gasteiger partial charge on any atom is 0.253 e. The van der Waals surface area contributed by atoms with E-state index in [4.69, 9.17) is 0 Å². The lowest BCUT2D eigenvalue weighted by Gasteiger charge is -2.11. The van der Waals surface area contributed by atoms with E-state index in [-0.39, 0.29) is 30.1 Å². The van der Waals surface area contributed by atoms with Crippen molar-refractivity contribution in [3.05, 3.63) is 65.5 Å². The van der Waals surface area contributed by atoms with Crippen LogP contribution in [0.4, 0.5) is 10.1 Å². The van der Waals surface area contributed by atoms with E-state index in [1.807, 2.05) is 0 Å². The van der Waals surface area contributed by atoms with Gasteiger partial charge in [0, 0.05) is 12.5 Å². The first-order chi connectivity index (χ1) is 11.6. The van der Waals surface area contributed by atoms with Crippen molar-refractivity contribution >= 4 is 17.5 Å². The molecule has 2 aromatic rings. The van der Waals surface area contributed by atoms with Gasteiger partial charge >= 0.3 is 0 Å². The Morgan fingerprint density at radius 2 is 1.75 bits per heavy atom. The van der Waals surface area contributed by atoms with E-state index in [2.05, 4.69) is 10.6 Å². The molecular formula is C19H19FN2O2.